The summed E-state index contributed by atoms with van der Waals surface area (Å²) in [4.78, 5) is 9.36. The number of nitrogens with one attached hydrogen (secondary N) is 1. The summed E-state index contributed by atoms with van der Waals surface area (Å²) in [6, 6.07) is 4.76. The number of anilines is 2. The fraction of sp³-hybridized carbons (Fsp3) is 0.737. The van der Waals surface area contributed by atoms with Gasteiger partial charge in [0.15, 0.2) is 0 Å². The smallest absolute Gasteiger partial charge is 0.217 e. The lowest BCUT2D eigenvalue weighted by molar-refractivity contribution is 0.122. The molecular formula is C19H31N5O2. The average Bonchev–Trinajstić information content (AvgIpc) is 3.12. The molecule has 1 aliphatic carbocycles. The van der Waals surface area contributed by atoms with E-state index in [0.717, 1.165) is 50.5 Å². The molecule has 1 saturated carbocycles. The standard InChI is InChI=1S/C19H31N5O2/c20-22-18-13-16(23-7-10-25-11-8-23)14-19(21-18)26-12-9-24-6-5-15-3-1-2-4-17(15)24/h13-15,17H,1-12,20H2,(H,21,22). The first-order chi connectivity index (χ1) is 12.8. The number of aromatic nitrogens is 1. The summed E-state index contributed by atoms with van der Waals surface area (Å²) in [5, 5.41) is 0. The number of nitrogens with two attached hydrogens (primary N) is 1. The van der Waals surface area contributed by atoms with Gasteiger partial charge in [0.25, 0.3) is 0 Å². The highest BCUT2D eigenvalue weighted by molar-refractivity contribution is 5.56. The van der Waals surface area contributed by atoms with Crippen molar-refractivity contribution in [1.29, 1.82) is 0 Å². The number of likely N-dealkylation sites (tertiary alicyclic amines) is 1. The third-order valence-electron chi connectivity index (χ3n) is 6.06. The maximum atomic E-state index is 6.02. The van der Waals surface area contributed by atoms with Gasteiger partial charge in [-0.15, -0.1) is 0 Å². The van der Waals surface area contributed by atoms with Gasteiger partial charge in [-0.3, -0.25) is 4.90 Å². The molecule has 144 valence electrons. The maximum Gasteiger partial charge on any atom is 0.217 e. The number of hydrogen-bond donors (Lipinski definition) is 2. The Balaban J connectivity index is 1.35. The Morgan fingerprint density at radius 2 is 2.00 bits per heavy atom. The van der Waals surface area contributed by atoms with Crippen LogP contribution in [0.4, 0.5) is 11.5 Å². The summed E-state index contributed by atoms with van der Waals surface area (Å²) in [5.41, 5.74) is 3.74. The summed E-state index contributed by atoms with van der Waals surface area (Å²) >= 11 is 0. The van der Waals surface area contributed by atoms with E-state index in [1.165, 1.54) is 38.6 Å². The minimum atomic E-state index is 0.637. The molecule has 26 heavy (non-hydrogen) atoms. The van der Waals surface area contributed by atoms with Gasteiger partial charge in [0, 0.05) is 43.5 Å². The lowest BCUT2D eigenvalue weighted by Crippen LogP contribution is -2.37. The number of rotatable bonds is 6. The van der Waals surface area contributed by atoms with E-state index in [9.17, 15) is 0 Å². The lowest BCUT2D eigenvalue weighted by atomic mass is 9.85. The highest BCUT2D eigenvalue weighted by Gasteiger charge is 2.35. The fourth-order valence-electron chi connectivity index (χ4n) is 4.69. The van der Waals surface area contributed by atoms with Gasteiger partial charge in [0.05, 0.1) is 13.2 Å². The molecule has 0 spiro atoms. The first kappa shape index (κ1) is 17.8. The van der Waals surface area contributed by atoms with Crippen LogP contribution in [0.25, 0.3) is 0 Å². The third-order valence-corrected chi connectivity index (χ3v) is 6.06. The minimum absolute atomic E-state index is 0.637. The molecule has 0 radical (unpaired) electrons. The van der Waals surface area contributed by atoms with Crippen LogP contribution in [0.1, 0.15) is 32.1 Å². The van der Waals surface area contributed by atoms with Crippen LogP contribution >= 0.6 is 0 Å². The van der Waals surface area contributed by atoms with Crippen molar-refractivity contribution in [3.8, 4) is 5.88 Å². The molecule has 1 aromatic rings. The van der Waals surface area contributed by atoms with Gasteiger partial charge in [-0.2, -0.15) is 4.98 Å². The van der Waals surface area contributed by atoms with Gasteiger partial charge in [-0.25, -0.2) is 5.84 Å². The largest absolute Gasteiger partial charge is 0.476 e. The van der Waals surface area contributed by atoms with E-state index in [-0.39, 0.29) is 0 Å². The predicted molar refractivity (Wildman–Crippen MR) is 103 cm³/mol. The molecule has 0 bridgehead atoms. The van der Waals surface area contributed by atoms with Crippen molar-refractivity contribution in [2.45, 2.75) is 38.1 Å². The molecule has 3 aliphatic rings. The Kier molecular flexibility index (Phi) is 5.77. The number of nitrogens with zero attached hydrogens (tertiary/aromatic N) is 3. The molecule has 2 saturated heterocycles. The van der Waals surface area contributed by atoms with E-state index in [2.05, 4.69) is 20.2 Å². The Morgan fingerprint density at radius 3 is 2.85 bits per heavy atom. The van der Waals surface area contributed by atoms with Crippen LogP contribution in [-0.4, -0.2) is 61.9 Å². The lowest BCUT2D eigenvalue weighted by Gasteiger charge is -2.31. The van der Waals surface area contributed by atoms with E-state index in [0.29, 0.717) is 18.3 Å². The van der Waals surface area contributed by atoms with Gasteiger partial charge < -0.3 is 19.8 Å². The minimum Gasteiger partial charge on any atom is -0.476 e. The van der Waals surface area contributed by atoms with Gasteiger partial charge in [0.2, 0.25) is 5.88 Å². The predicted octanol–water partition coefficient (Wildman–Crippen LogP) is 1.85. The summed E-state index contributed by atoms with van der Waals surface area (Å²) in [7, 11) is 0. The molecule has 7 heteroatoms. The SMILES string of the molecule is NNc1cc(N2CCOCC2)cc(OCCN2CCC3CCCCC32)n1. The molecule has 3 heterocycles. The Bertz CT molecular complexity index is 593. The molecule has 4 rings (SSSR count). The molecule has 1 aromatic heterocycles. The zero-order valence-corrected chi connectivity index (χ0v) is 15.5. The second kappa shape index (κ2) is 8.41. The Labute approximate surface area is 155 Å². The summed E-state index contributed by atoms with van der Waals surface area (Å²) in [5.74, 6) is 7.79. The zero-order chi connectivity index (χ0) is 17.8. The van der Waals surface area contributed by atoms with Gasteiger partial charge in [-0.1, -0.05) is 12.8 Å². The molecule has 0 amide bonds. The van der Waals surface area contributed by atoms with Crippen LogP contribution in [0.2, 0.25) is 0 Å². The average molecular weight is 361 g/mol. The van der Waals surface area contributed by atoms with E-state index in [1.54, 1.807) is 0 Å². The Hall–Kier alpha value is -1.57. The summed E-state index contributed by atoms with van der Waals surface area (Å²) in [6.07, 6.45) is 6.93. The number of nitrogen functional groups attached to an aromatic ring is 1. The molecule has 7 nitrogen and oxygen atoms in total. The monoisotopic (exact) mass is 361 g/mol. The molecule has 3 fully saturated rings. The fourth-order valence-corrected chi connectivity index (χ4v) is 4.69. The number of fused-ring (bicyclic) bond motifs is 1. The number of pyridine rings is 1. The molecule has 0 aromatic carbocycles. The van der Waals surface area contributed by atoms with Crippen molar-refractivity contribution in [1.82, 2.24) is 9.88 Å². The van der Waals surface area contributed by atoms with Crippen LogP contribution in [-0.2, 0) is 4.74 Å². The first-order valence-corrected chi connectivity index (χ1v) is 10.0. The van der Waals surface area contributed by atoms with E-state index >= 15 is 0 Å². The number of ether oxygens (including phenoxy) is 2. The first-order valence-electron chi connectivity index (χ1n) is 10.0. The molecule has 3 N–H and O–H groups in total. The van der Waals surface area contributed by atoms with E-state index in [4.69, 9.17) is 15.3 Å². The van der Waals surface area contributed by atoms with Crippen LogP contribution in [0, 0.1) is 5.92 Å². The quantitative estimate of drug-likeness (QED) is 0.591. The zero-order valence-electron chi connectivity index (χ0n) is 15.5. The number of hydrogen-bond acceptors (Lipinski definition) is 7. The number of hydrazine groups is 1. The van der Waals surface area contributed by atoms with E-state index < -0.39 is 0 Å². The number of morpholine rings is 1. The highest BCUT2D eigenvalue weighted by Crippen LogP contribution is 2.35. The molecule has 2 aliphatic heterocycles. The van der Waals surface area contributed by atoms with Crippen molar-refractivity contribution < 1.29 is 9.47 Å². The maximum absolute atomic E-state index is 6.02. The van der Waals surface area contributed by atoms with Crippen molar-refractivity contribution in [2.75, 3.05) is 56.3 Å². The topological polar surface area (TPSA) is 75.9 Å². The van der Waals surface area contributed by atoms with Crippen molar-refractivity contribution in [2.24, 2.45) is 11.8 Å². The third kappa shape index (κ3) is 4.05. The molecular weight excluding hydrogens is 330 g/mol. The molecule has 2 unspecified atom stereocenters. The van der Waals surface area contributed by atoms with Crippen LogP contribution < -0.4 is 20.9 Å². The van der Waals surface area contributed by atoms with Crippen LogP contribution in [0.15, 0.2) is 12.1 Å². The molecule has 2 atom stereocenters. The van der Waals surface area contributed by atoms with Gasteiger partial charge in [0.1, 0.15) is 12.4 Å². The van der Waals surface area contributed by atoms with Crippen molar-refractivity contribution in [3.63, 3.8) is 0 Å². The second-order valence-electron chi connectivity index (χ2n) is 7.58. The Morgan fingerprint density at radius 1 is 1.15 bits per heavy atom. The van der Waals surface area contributed by atoms with Gasteiger partial charge in [-0.05, 0) is 31.7 Å². The summed E-state index contributed by atoms with van der Waals surface area (Å²) < 4.78 is 11.5. The van der Waals surface area contributed by atoms with Gasteiger partial charge >= 0.3 is 0 Å². The normalized spacial score (nSPS) is 26.6. The van der Waals surface area contributed by atoms with Crippen LogP contribution in [0.5, 0.6) is 5.88 Å². The van der Waals surface area contributed by atoms with Crippen molar-refractivity contribution >= 4 is 11.5 Å². The highest BCUT2D eigenvalue weighted by atomic mass is 16.5. The van der Waals surface area contributed by atoms with E-state index in [1.807, 2.05) is 12.1 Å². The summed E-state index contributed by atoms with van der Waals surface area (Å²) in [6.45, 7) is 6.13. The van der Waals surface area contributed by atoms with Crippen molar-refractivity contribution in [3.05, 3.63) is 12.1 Å². The second-order valence-corrected chi connectivity index (χ2v) is 7.58. The van der Waals surface area contributed by atoms with Crippen LogP contribution in [0.3, 0.4) is 0 Å².